The Bertz CT molecular complexity index is 1060. The number of amides is 2. The molecule has 2 fully saturated rings. The summed E-state index contributed by atoms with van der Waals surface area (Å²) in [5, 5.41) is 1.45. The van der Waals surface area contributed by atoms with Crippen LogP contribution >= 0.6 is 0 Å². The molecule has 1 atom stereocenters. The van der Waals surface area contributed by atoms with E-state index in [2.05, 4.69) is 5.43 Å². The number of rotatable bonds is 6. The number of nitrogens with one attached hydrogen (secondary N) is 1. The van der Waals surface area contributed by atoms with Crippen molar-refractivity contribution >= 4 is 29.2 Å². The van der Waals surface area contributed by atoms with Crippen LogP contribution in [0.3, 0.4) is 0 Å². The van der Waals surface area contributed by atoms with E-state index in [1.807, 2.05) is 6.07 Å². The first kappa shape index (κ1) is 23.6. The van der Waals surface area contributed by atoms with Gasteiger partial charge in [-0.1, -0.05) is 18.2 Å². The highest BCUT2D eigenvalue weighted by molar-refractivity contribution is 5.94. The Labute approximate surface area is 196 Å². The number of hydrazine groups is 1. The number of ether oxygens (including phenoxy) is 1. The van der Waals surface area contributed by atoms with E-state index >= 15 is 8.78 Å². The van der Waals surface area contributed by atoms with E-state index in [0.717, 1.165) is 12.1 Å². The molecule has 0 aromatic heterocycles. The molecule has 8 nitrogen and oxygen atoms in total. The molecule has 0 saturated carbocycles. The summed E-state index contributed by atoms with van der Waals surface area (Å²) in [4.78, 5) is 38.8. The van der Waals surface area contributed by atoms with Crippen molar-refractivity contribution in [1.29, 1.82) is 0 Å². The predicted molar refractivity (Wildman–Crippen MR) is 122 cm³/mol. The molecule has 10 heteroatoms. The highest BCUT2D eigenvalue weighted by atomic mass is 19.1. The second-order valence-electron chi connectivity index (χ2n) is 8.33. The third-order valence-corrected chi connectivity index (χ3v) is 5.87. The number of cyclic esters (lactones) is 1. The number of carbonyl (C=O) groups excluding carboxylic acids is 3. The van der Waals surface area contributed by atoms with Gasteiger partial charge in [-0.3, -0.25) is 14.7 Å². The van der Waals surface area contributed by atoms with Crippen LogP contribution in [-0.2, 0) is 9.53 Å². The van der Waals surface area contributed by atoms with Crippen LogP contribution in [-0.4, -0.2) is 61.6 Å². The van der Waals surface area contributed by atoms with Gasteiger partial charge in [0, 0.05) is 43.8 Å². The molecule has 4 rings (SSSR count). The van der Waals surface area contributed by atoms with Crippen molar-refractivity contribution in [1.82, 2.24) is 10.4 Å². The fraction of sp³-hybridized carbons (Fsp3) is 0.375. The number of carbonyl (C=O) groups is 3. The third kappa shape index (κ3) is 5.17. The molecule has 0 unspecified atom stereocenters. The molecular weight excluding hydrogens is 446 g/mol. The number of hydrogen-bond acceptors (Lipinski definition) is 6. The van der Waals surface area contributed by atoms with Gasteiger partial charge in [0.1, 0.15) is 17.6 Å². The summed E-state index contributed by atoms with van der Waals surface area (Å²) in [6.07, 6.45) is -0.582. The SMILES string of the molecule is CC(=O)CC[C@H]1CN(c2cc(F)c(N3CCNN(C(=O)c4ccccc4)CC3)c(F)c2)C(=O)O1. The minimum absolute atomic E-state index is 0.0214. The molecule has 2 saturated heterocycles. The summed E-state index contributed by atoms with van der Waals surface area (Å²) in [6.45, 7) is 2.62. The highest BCUT2D eigenvalue weighted by Gasteiger charge is 2.34. The summed E-state index contributed by atoms with van der Waals surface area (Å²) in [7, 11) is 0. The minimum atomic E-state index is -0.808. The number of halogens is 2. The molecular formula is C24H26F2N4O4. The fourth-order valence-electron chi connectivity index (χ4n) is 4.12. The molecule has 0 radical (unpaired) electrons. The predicted octanol–water partition coefficient (Wildman–Crippen LogP) is 3.13. The van der Waals surface area contributed by atoms with Gasteiger partial charge in [-0.15, -0.1) is 0 Å². The number of anilines is 2. The number of benzene rings is 2. The van der Waals surface area contributed by atoms with E-state index in [0.29, 0.717) is 18.5 Å². The maximum absolute atomic E-state index is 15.1. The van der Waals surface area contributed by atoms with E-state index in [1.165, 1.54) is 21.7 Å². The van der Waals surface area contributed by atoms with Gasteiger partial charge in [0.2, 0.25) is 0 Å². The Balaban J connectivity index is 1.45. The Kier molecular flexibility index (Phi) is 7.06. The lowest BCUT2D eigenvalue weighted by Gasteiger charge is -2.25. The standard InChI is InChI=1S/C24H26F2N4O4/c1-16(31)7-8-19-15-29(24(33)34-19)18-13-20(25)22(21(26)14-18)28-10-9-27-30(12-11-28)23(32)17-5-3-2-4-6-17/h2-6,13-14,19,27H,7-12,15H2,1H3/t19-/m0/s1. The van der Waals surface area contributed by atoms with Crippen molar-refractivity contribution < 1.29 is 27.9 Å². The topological polar surface area (TPSA) is 82.2 Å². The number of Topliss-reactive ketones (excluding diaryl/α,β-unsaturated/α-hetero) is 1. The van der Waals surface area contributed by atoms with Gasteiger partial charge in [0.25, 0.3) is 5.91 Å². The molecule has 2 amide bonds. The summed E-state index contributed by atoms with van der Waals surface area (Å²) < 4.78 is 35.4. The van der Waals surface area contributed by atoms with Crippen molar-refractivity contribution in [2.24, 2.45) is 0 Å². The molecule has 0 aliphatic carbocycles. The monoisotopic (exact) mass is 472 g/mol. The molecule has 0 spiro atoms. The molecule has 180 valence electrons. The number of ketones is 1. The minimum Gasteiger partial charge on any atom is -0.444 e. The molecule has 2 heterocycles. The van der Waals surface area contributed by atoms with Gasteiger partial charge in [-0.25, -0.2) is 19.0 Å². The average molecular weight is 472 g/mol. The normalized spacial score (nSPS) is 18.6. The largest absolute Gasteiger partial charge is 0.444 e. The number of hydrogen-bond donors (Lipinski definition) is 1. The van der Waals surface area contributed by atoms with Crippen molar-refractivity contribution in [2.45, 2.75) is 25.9 Å². The quantitative estimate of drug-likeness (QED) is 0.696. The van der Waals surface area contributed by atoms with Crippen molar-refractivity contribution in [3.63, 3.8) is 0 Å². The molecule has 2 aliphatic heterocycles. The average Bonchev–Trinajstić information content (AvgIpc) is 3.02. The van der Waals surface area contributed by atoms with E-state index < -0.39 is 23.8 Å². The Hall–Kier alpha value is -3.53. The highest BCUT2D eigenvalue weighted by Crippen LogP contribution is 2.31. The molecule has 2 aromatic rings. The smallest absolute Gasteiger partial charge is 0.414 e. The first-order chi connectivity index (χ1) is 16.3. The zero-order chi connectivity index (χ0) is 24.2. The lowest BCUT2D eigenvalue weighted by atomic mass is 10.1. The van der Waals surface area contributed by atoms with E-state index in [-0.39, 0.29) is 55.7 Å². The summed E-state index contributed by atoms with van der Waals surface area (Å²) in [5.41, 5.74) is 3.38. The number of nitrogens with zero attached hydrogens (tertiary/aromatic N) is 3. The lowest BCUT2D eigenvalue weighted by molar-refractivity contribution is -0.117. The molecule has 34 heavy (non-hydrogen) atoms. The zero-order valence-corrected chi connectivity index (χ0v) is 18.8. The Morgan fingerprint density at radius 3 is 2.47 bits per heavy atom. The van der Waals surface area contributed by atoms with Gasteiger partial charge in [0.15, 0.2) is 11.6 Å². The van der Waals surface area contributed by atoms with Gasteiger partial charge < -0.3 is 14.4 Å². The van der Waals surface area contributed by atoms with Crippen molar-refractivity contribution in [2.75, 3.05) is 42.5 Å². The van der Waals surface area contributed by atoms with Gasteiger partial charge in [-0.05, 0) is 25.5 Å². The van der Waals surface area contributed by atoms with Crippen LogP contribution in [0.25, 0.3) is 0 Å². The third-order valence-electron chi connectivity index (χ3n) is 5.87. The van der Waals surface area contributed by atoms with Crippen LogP contribution in [0.1, 0.15) is 30.1 Å². The van der Waals surface area contributed by atoms with Crippen LogP contribution in [0.15, 0.2) is 42.5 Å². The first-order valence-corrected chi connectivity index (χ1v) is 11.2. The second-order valence-corrected chi connectivity index (χ2v) is 8.33. The van der Waals surface area contributed by atoms with Crippen LogP contribution < -0.4 is 15.2 Å². The first-order valence-electron chi connectivity index (χ1n) is 11.2. The van der Waals surface area contributed by atoms with E-state index in [4.69, 9.17) is 4.74 Å². The lowest BCUT2D eigenvalue weighted by Crippen LogP contribution is -2.43. The van der Waals surface area contributed by atoms with Crippen molar-refractivity contribution in [3.8, 4) is 0 Å². The second kappa shape index (κ2) is 10.2. The van der Waals surface area contributed by atoms with Gasteiger partial charge in [0.05, 0.1) is 18.8 Å². The van der Waals surface area contributed by atoms with Crippen LogP contribution in [0.2, 0.25) is 0 Å². The Morgan fingerprint density at radius 2 is 1.79 bits per heavy atom. The van der Waals surface area contributed by atoms with Crippen LogP contribution in [0.5, 0.6) is 0 Å². The summed E-state index contributed by atoms with van der Waals surface area (Å²) in [5.74, 6) is -1.85. The Morgan fingerprint density at radius 1 is 1.09 bits per heavy atom. The van der Waals surface area contributed by atoms with Gasteiger partial charge in [-0.2, -0.15) is 0 Å². The molecule has 2 aromatic carbocycles. The van der Waals surface area contributed by atoms with Crippen LogP contribution in [0.4, 0.5) is 25.0 Å². The van der Waals surface area contributed by atoms with Crippen LogP contribution in [0, 0.1) is 11.6 Å². The summed E-state index contributed by atoms with van der Waals surface area (Å²) >= 11 is 0. The van der Waals surface area contributed by atoms with E-state index in [1.54, 1.807) is 24.3 Å². The zero-order valence-electron chi connectivity index (χ0n) is 18.8. The van der Waals surface area contributed by atoms with Gasteiger partial charge >= 0.3 is 6.09 Å². The molecule has 2 aliphatic rings. The molecule has 1 N–H and O–H groups in total. The summed E-state index contributed by atoms with van der Waals surface area (Å²) in [6, 6.07) is 11.0. The maximum atomic E-state index is 15.1. The van der Waals surface area contributed by atoms with Crippen molar-refractivity contribution in [3.05, 3.63) is 59.7 Å². The van der Waals surface area contributed by atoms with E-state index in [9.17, 15) is 14.4 Å². The maximum Gasteiger partial charge on any atom is 0.414 e. The fourth-order valence-corrected chi connectivity index (χ4v) is 4.12. The molecule has 0 bridgehead atoms.